The Kier molecular flexibility index (Phi) is 4.33. The van der Waals surface area contributed by atoms with E-state index in [1.54, 1.807) is 31.2 Å². The minimum absolute atomic E-state index is 0.0309. The highest BCUT2D eigenvalue weighted by Gasteiger charge is 2.38. The van der Waals surface area contributed by atoms with Gasteiger partial charge in [0.2, 0.25) is 0 Å². The molecule has 126 valence electrons. The van der Waals surface area contributed by atoms with E-state index < -0.39 is 12.0 Å². The summed E-state index contributed by atoms with van der Waals surface area (Å²) in [5.41, 5.74) is 1.29. The van der Waals surface area contributed by atoms with Gasteiger partial charge in [-0.15, -0.1) is 0 Å². The van der Waals surface area contributed by atoms with Crippen LogP contribution in [0.1, 0.15) is 42.9 Å². The number of carbonyl (C=O) groups excluding carboxylic acids is 1. The van der Waals surface area contributed by atoms with Crippen molar-refractivity contribution in [3.8, 4) is 11.4 Å². The molecule has 0 bridgehead atoms. The molecule has 0 radical (unpaired) electrons. The van der Waals surface area contributed by atoms with E-state index in [-0.39, 0.29) is 11.9 Å². The molecule has 3 rings (SSSR count). The summed E-state index contributed by atoms with van der Waals surface area (Å²) in [6.07, 6.45) is 2.49. The van der Waals surface area contributed by atoms with Crippen LogP contribution in [0.25, 0.3) is 11.4 Å². The Bertz CT molecular complexity index is 749. The second kappa shape index (κ2) is 6.43. The van der Waals surface area contributed by atoms with Crippen LogP contribution in [0.3, 0.4) is 0 Å². The zero-order valence-electron chi connectivity index (χ0n) is 13.7. The molecule has 0 aliphatic heterocycles. The fourth-order valence-electron chi connectivity index (χ4n) is 2.62. The Morgan fingerprint density at radius 1 is 1.33 bits per heavy atom. The van der Waals surface area contributed by atoms with Gasteiger partial charge in [0.15, 0.2) is 5.82 Å². The first-order chi connectivity index (χ1) is 11.5. The first kappa shape index (κ1) is 16.2. The van der Waals surface area contributed by atoms with Gasteiger partial charge in [0.25, 0.3) is 5.91 Å². The summed E-state index contributed by atoms with van der Waals surface area (Å²) in [5, 5.41) is 16.2. The molecule has 1 unspecified atom stereocenters. The fraction of sp³-hybridized carbons (Fsp3) is 0.412. The maximum Gasteiger partial charge on any atom is 0.326 e. The number of aliphatic carboxylic acids is 1. The third kappa shape index (κ3) is 3.15. The van der Waals surface area contributed by atoms with Gasteiger partial charge in [0.05, 0.1) is 0 Å². The van der Waals surface area contributed by atoms with E-state index >= 15 is 0 Å². The van der Waals surface area contributed by atoms with Crippen LogP contribution in [0.15, 0.2) is 24.3 Å². The van der Waals surface area contributed by atoms with E-state index in [0.717, 1.165) is 30.7 Å². The quantitative estimate of drug-likeness (QED) is 0.846. The van der Waals surface area contributed by atoms with Crippen molar-refractivity contribution in [3.05, 3.63) is 35.7 Å². The predicted molar refractivity (Wildman–Crippen MR) is 87.5 cm³/mol. The summed E-state index contributed by atoms with van der Waals surface area (Å²) >= 11 is 0. The van der Waals surface area contributed by atoms with Gasteiger partial charge in [0, 0.05) is 23.6 Å². The molecule has 1 heterocycles. The topological polar surface area (TPSA) is 99.2 Å². The normalized spacial score (nSPS) is 15.1. The van der Waals surface area contributed by atoms with Crippen LogP contribution in [0.4, 0.5) is 0 Å². The van der Waals surface area contributed by atoms with Crippen LogP contribution in [-0.2, 0) is 11.2 Å². The molecule has 24 heavy (non-hydrogen) atoms. The number of carboxylic acid groups (broad SMARTS) is 1. The van der Waals surface area contributed by atoms with Crippen molar-refractivity contribution in [2.24, 2.45) is 0 Å². The standard InChI is InChI=1S/C17H20N4O3/c1-3-14-18-15(20-19-14)11-4-6-12(7-5-11)16(22)21(13-8-9-13)10(2)17(23)24/h4-7,10,13H,3,8-9H2,1-2H3,(H,23,24)(H,18,19,20). The maximum atomic E-state index is 12.7. The van der Waals surface area contributed by atoms with Gasteiger partial charge in [-0.25, -0.2) is 9.78 Å². The van der Waals surface area contributed by atoms with Gasteiger partial charge >= 0.3 is 5.97 Å². The number of nitrogens with zero attached hydrogens (tertiary/aromatic N) is 3. The highest BCUT2D eigenvalue weighted by Crippen LogP contribution is 2.30. The number of aromatic nitrogens is 3. The van der Waals surface area contributed by atoms with Gasteiger partial charge in [-0.1, -0.05) is 19.1 Å². The molecule has 2 aromatic rings. The number of aromatic amines is 1. The van der Waals surface area contributed by atoms with Crippen LogP contribution in [0.5, 0.6) is 0 Å². The molecule has 7 heteroatoms. The highest BCUT2D eigenvalue weighted by molar-refractivity contribution is 5.97. The summed E-state index contributed by atoms with van der Waals surface area (Å²) in [6, 6.07) is 6.17. The van der Waals surface area contributed by atoms with Crippen molar-refractivity contribution in [1.29, 1.82) is 0 Å². The number of carbonyl (C=O) groups is 2. The Morgan fingerprint density at radius 2 is 2.00 bits per heavy atom. The van der Waals surface area contributed by atoms with Gasteiger partial charge in [-0.05, 0) is 31.9 Å². The van der Waals surface area contributed by atoms with Gasteiger partial charge in [-0.3, -0.25) is 9.89 Å². The van der Waals surface area contributed by atoms with Crippen LogP contribution >= 0.6 is 0 Å². The van der Waals surface area contributed by atoms with Crippen molar-refractivity contribution >= 4 is 11.9 Å². The van der Waals surface area contributed by atoms with E-state index in [9.17, 15) is 14.7 Å². The van der Waals surface area contributed by atoms with Crippen LogP contribution < -0.4 is 0 Å². The van der Waals surface area contributed by atoms with Crippen molar-refractivity contribution in [3.63, 3.8) is 0 Å². The van der Waals surface area contributed by atoms with E-state index in [2.05, 4.69) is 15.2 Å². The Hall–Kier alpha value is -2.70. The molecule has 1 atom stereocenters. The maximum absolute atomic E-state index is 12.7. The molecule has 1 aliphatic rings. The predicted octanol–water partition coefficient (Wildman–Crippen LogP) is 2.11. The zero-order valence-corrected chi connectivity index (χ0v) is 13.7. The van der Waals surface area contributed by atoms with Gasteiger partial charge in [-0.2, -0.15) is 5.10 Å². The van der Waals surface area contributed by atoms with E-state index in [4.69, 9.17) is 0 Å². The minimum atomic E-state index is -0.986. The third-order valence-corrected chi connectivity index (χ3v) is 4.21. The summed E-state index contributed by atoms with van der Waals surface area (Å²) in [4.78, 5) is 29.8. The molecular formula is C17H20N4O3. The molecule has 1 aromatic heterocycles. The Morgan fingerprint density at radius 3 is 2.50 bits per heavy atom. The molecule has 0 saturated heterocycles. The smallest absolute Gasteiger partial charge is 0.326 e. The van der Waals surface area contributed by atoms with E-state index in [1.807, 2.05) is 6.92 Å². The molecule has 0 spiro atoms. The van der Waals surface area contributed by atoms with Crippen LogP contribution in [0, 0.1) is 0 Å². The summed E-state index contributed by atoms with van der Waals surface area (Å²) < 4.78 is 0. The summed E-state index contributed by atoms with van der Waals surface area (Å²) in [5.74, 6) is 0.159. The number of carboxylic acids is 1. The number of amides is 1. The molecule has 1 saturated carbocycles. The van der Waals surface area contributed by atoms with E-state index in [1.165, 1.54) is 4.90 Å². The van der Waals surface area contributed by atoms with E-state index in [0.29, 0.717) is 11.4 Å². The number of rotatable bonds is 6. The average molecular weight is 328 g/mol. The SMILES string of the molecule is CCc1nc(-c2ccc(C(=O)N(C3CC3)C(C)C(=O)O)cc2)n[nH]1. The zero-order chi connectivity index (χ0) is 17.3. The number of hydrogen-bond acceptors (Lipinski definition) is 4. The first-order valence-electron chi connectivity index (χ1n) is 8.08. The summed E-state index contributed by atoms with van der Waals surface area (Å²) in [6.45, 7) is 3.54. The van der Waals surface area contributed by atoms with Crippen LogP contribution in [-0.4, -0.2) is 49.1 Å². The lowest BCUT2D eigenvalue weighted by atomic mass is 10.1. The number of nitrogens with one attached hydrogen (secondary N) is 1. The van der Waals surface area contributed by atoms with Crippen molar-refractivity contribution in [1.82, 2.24) is 20.1 Å². The van der Waals surface area contributed by atoms with Crippen molar-refractivity contribution < 1.29 is 14.7 Å². The minimum Gasteiger partial charge on any atom is -0.480 e. The summed E-state index contributed by atoms with van der Waals surface area (Å²) in [7, 11) is 0. The number of aryl methyl sites for hydroxylation is 1. The average Bonchev–Trinajstić information content (AvgIpc) is 3.30. The number of H-pyrrole nitrogens is 1. The lowest BCUT2D eigenvalue weighted by Crippen LogP contribution is -2.44. The fourth-order valence-corrected chi connectivity index (χ4v) is 2.62. The second-order valence-corrected chi connectivity index (χ2v) is 5.99. The number of benzene rings is 1. The second-order valence-electron chi connectivity index (χ2n) is 5.99. The Balaban J connectivity index is 1.81. The molecule has 1 aliphatic carbocycles. The van der Waals surface area contributed by atoms with Crippen molar-refractivity contribution in [2.75, 3.05) is 0 Å². The molecule has 1 amide bonds. The van der Waals surface area contributed by atoms with Crippen LogP contribution in [0.2, 0.25) is 0 Å². The monoisotopic (exact) mass is 328 g/mol. The third-order valence-electron chi connectivity index (χ3n) is 4.21. The molecule has 2 N–H and O–H groups in total. The van der Waals surface area contributed by atoms with Gasteiger partial charge in [0.1, 0.15) is 11.9 Å². The first-order valence-corrected chi connectivity index (χ1v) is 8.08. The molecule has 1 aromatic carbocycles. The highest BCUT2D eigenvalue weighted by atomic mass is 16.4. The Labute approximate surface area is 139 Å². The lowest BCUT2D eigenvalue weighted by Gasteiger charge is -2.26. The van der Waals surface area contributed by atoms with Gasteiger partial charge < -0.3 is 10.0 Å². The van der Waals surface area contributed by atoms with Crippen molar-refractivity contribution in [2.45, 2.75) is 45.2 Å². The molecular weight excluding hydrogens is 308 g/mol. The largest absolute Gasteiger partial charge is 0.480 e. The number of hydrogen-bond donors (Lipinski definition) is 2. The molecule has 1 fully saturated rings. The molecule has 7 nitrogen and oxygen atoms in total. The lowest BCUT2D eigenvalue weighted by molar-refractivity contribution is -0.141.